The van der Waals surface area contributed by atoms with E-state index in [1.54, 1.807) is 12.1 Å². The van der Waals surface area contributed by atoms with Crippen LogP contribution < -0.4 is 4.74 Å². The Morgan fingerprint density at radius 2 is 1.81 bits per heavy atom. The van der Waals surface area contributed by atoms with Crippen molar-refractivity contribution in [2.45, 2.75) is 26.7 Å². The van der Waals surface area contributed by atoms with Gasteiger partial charge in [-0.2, -0.15) is 0 Å². The molecule has 0 aliphatic carbocycles. The van der Waals surface area contributed by atoms with Gasteiger partial charge < -0.3 is 4.74 Å². The molecule has 0 bridgehead atoms. The molecule has 0 aromatic heterocycles. The maximum absolute atomic E-state index is 12.1. The van der Waals surface area contributed by atoms with Crippen molar-refractivity contribution in [1.82, 2.24) is 0 Å². The third kappa shape index (κ3) is 4.08. The summed E-state index contributed by atoms with van der Waals surface area (Å²) < 4.78 is 5.58. The van der Waals surface area contributed by atoms with E-state index in [9.17, 15) is 4.79 Å². The van der Waals surface area contributed by atoms with Crippen LogP contribution >= 0.6 is 11.6 Å². The SMILES string of the molecule is Cc1cc(Cl)ccc1OCC(=O)c1ccc(C(C)C)cc1. The molecule has 0 amide bonds. The first-order chi connectivity index (χ1) is 9.97. The molecule has 0 heterocycles. The number of rotatable bonds is 5. The van der Waals surface area contributed by atoms with Gasteiger partial charge in [0.2, 0.25) is 0 Å². The van der Waals surface area contributed by atoms with Crippen molar-refractivity contribution in [3.05, 3.63) is 64.2 Å². The summed E-state index contributed by atoms with van der Waals surface area (Å²) in [7, 11) is 0. The zero-order chi connectivity index (χ0) is 15.4. The molecule has 3 heteroatoms. The summed E-state index contributed by atoms with van der Waals surface area (Å²) in [6, 6.07) is 13.1. The van der Waals surface area contributed by atoms with Gasteiger partial charge in [0.25, 0.3) is 0 Å². The first kappa shape index (κ1) is 15.6. The molecular formula is C18H19ClO2. The van der Waals surface area contributed by atoms with Crippen molar-refractivity contribution in [3.63, 3.8) is 0 Å². The Labute approximate surface area is 130 Å². The summed E-state index contributed by atoms with van der Waals surface area (Å²) in [6.45, 7) is 6.19. The minimum absolute atomic E-state index is 0.0281. The highest BCUT2D eigenvalue weighted by atomic mass is 35.5. The van der Waals surface area contributed by atoms with E-state index in [1.165, 1.54) is 5.56 Å². The topological polar surface area (TPSA) is 26.3 Å². The van der Waals surface area contributed by atoms with E-state index in [4.69, 9.17) is 16.3 Å². The summed E-state index contributed by atoms with van der Waals surface area (Å²) in [5, 5.41) is 0.662. The van der Waals surface area contributed by atoms with Gasteiger partial charge in [-0.25, -0.2) is 0 Å². The van der Waals surface area contributed by atoms with Crippen molar-refractivity contribution in [2.24, 2.45) is 0 Å². The summed E-state index contributed by atoms with van der Waals surface area (Å²) in [5.41, 5.74) is 2.82. The van der Waals surface area contributed by atoms with Gasteiger partial charge in [-0.05, 0) is 42.2 Å². The van der Waals surface area contributed by atoms with Crippen LogP contribution in [-0.4, -0.2) is 12.4 Å². The molecule has 2 rings (SSSR count). The van der Waals surface area contributed by atoms with Crippen molar-refractivity contribution < 1.29 is 9.53 Å². The molecule has 110 valence electrons. The smallest absolute Gasteiger partial charge is 0.200 e. The molecule has 0 spiro atoms. The molecule has 21 heavy (non-hydrogen) atoms. The molecule has 2 aromatic carbocycles. The second-order valence-corrected chi connectivity index (χ2v) is 5.83. The van der Waals surface area contributed by atoms with Gasteiger partial charge in [-0.15, -0.1) is 0 Å². The fourth-order valence-corrected chi connectivity index (χ4v) is 2.28. The fourth-order valence-electron chi connectivity index (χ4n) is 2.06. The van der Waals surface area contributed by atoms with Crippen molar-refractivity contribution in [1.29, 1.82) is 0 Å². The van der Waals surface area contributed by atoms with E-state index in [0.29, 0.717) is 22.3 Å². The second kappa shape index (κ2) is 6.77. The maximum Gasteiger partial charge on any atom is 0.200 e. The van der Waals surface area contributed by atoms with Crippen LogP contribution in [0.2, 0.25) is 5.02 Å². The first-order valence-electron chi connectivity index (χ1n) is 6.99. The molecule has 0 aliphatic heterocycles. The Kier molecular flexibility index (Phi) is 5.03. The molecule has 0 saturated heterocycles. The van der Waals surface area contributed by atoms with E-state index < -0.39 is 0 Å². The number of ketones is 1. The summed E-state index contributed by atoms with van der Waals surface area (Å²) in [5.74, 6) is 1.12. The number of carbonyl (C=O) groups is 1. The molecule has 0 radical (unpaired) electrons. The number of hydrogen-bond acceptors (Lipinski definition) is 2. The Bertz CT molecular complexity index is 630. The lowest BCUT2D eigenvalue weighted by molar-refractivity contribution is 0.0921. The molecule has 2 aromatic rings. The van der Waals surface area contributed by atoms with Crippen LogP contribution in [0.5, 0.6) is 5.75 Å². The average molecular weight is 303 g/mol. The van der Waals surface area contributed by atoms with Gasteiger partial charge in [-0.3, -0.25) is 4.79 Å². The average Bonchev–Trinajstić information content (AvgIpc) is 2.46. The zero-order valence-corrected chi connectivity index (χ0v) is 13.3. The molecule has 0 N–H and O–H groups in total. The van der Waals surface area contributed by atoms with Crippen LogP contribution in [-0.2, 0) is 0 Å². The fraction of sp³-hybridized carbons (Fsp3) is 0.278. The number of carbonyl (C=O) groups excluding carboxylic acids is 1. The Balaban J connectivity index is 2.01. The van der Waals surface area contributed by atoms with E-state index in [2.05, 4.69) is 13.8 Å². The van der Waals surface area contributed by atoms with Gasteiger partial charge >= 0.3 is 0 Å². The lowest BCUT2D eigenvalue weighted by atomic mass is 10.0. The third-order valence-corrected chi connectivity index (χ3v) is 3.63. The number of Topliss-reactive ketones (excluding diaryl/α,β-unsaturated/α-hetero) is 1. The van der Waals surface area contributed by atoms with Crippen molar-refractivity contribution in [3.8, 4) is 5.75 Å². The summed E-state index contributed by atoms with van der Waals surface area (Å²) >= 11 is 5.89. The molecular weight excluding hydrogens is 284 g/mol. The molecule has 2 nitrogen and oxygen atoms in total. The van der Waals surface area contributed by atoms with Crippen LogP contribution in [0, 0.1) is 6.92 Å². The number of aryl methyl sites for hydroxylation is 1. The van der Waals surface area contributed by atoms with E-state index in [-0.39, 0.29) is 12.4 Å². The van der Waals surface area contributed by atoms with Crippen LogP contribution in [0.25, 0.3) is 0 Å². The Morgan fingerprint density at radius 1 is 1.14 bits per heavy atom. The minimum atomic E-state index is -0.0281. The van der Waals surface area contributed by atoms with Crippen LogP contribution in [0.15, 0.2) is 42.5 Å². The summed E-state index contributed by atoms with van der Waals surface area (Å²) in [6.07, 6.45) is 0. The quantitative estimate of drug-likeness (QED) is 0.724. The predicted molar refractivity (Wildman–Crippen MR) is 86.5 cm³/mol. The standard InChI is InChI=1S/C18H19ClO2/c1-12(2)14-4-6-15(7-5-14)17(20)11-21-18-9-8-16(19)10-13(18)3/h4-10,12H,11H2,1-3H3. The summed E-state index contributed by atoms with van der Waals surface area (Å²) in [4.78, 5) is 12.1. The van der Waals surface area contributed by atoms with Gasteiger partial charge in [0.15, 0.2) is 12.4 Å². The normalized spacial score (nSPS) is 10.7. The first-order valence-corrected chi connectivity index (χ1v) is 7.37. The molecule has 0 atom stereocenters. The van der Waals surface area contributed by atoms with Gasteiger partial charge in [0.05, 0.1) is 0 Å². The Morgan fingerprint density at radius 3 is 2.38 bits per heavy atom. The van der Waals surface area contributed by atoms with Crippen LogP contribution in [0.4, 0.5) is 0 Å². The second-order valence-electron chi connectivity index (χ2n) is 5.40. The molecule has 0 saturated carbocycles. The lowest BCUT2D eigenvalue weighted by Gasteiger charge is -2.09. The number of hydrogen-bond donors (Lipinski definition) is 0. The van der Waals surface area contributed by atoms with Gasteiger partial charge in [-0.1, -0.05) is 49.7 Å². The van der Waals surface area contributed by atoms with E-state index >= 15 is 0 Å². The Hall–Kier alpha value is -1.80. The van der Waals surface area contributed by atoms with Crippen molar-refractivity contribution in [2.75, 3.05) is 6.61 Å². The highest BCUT2D eigenvalue weighted by Gasteiger charge is 2.09. The minimum Gasteiger partial charge on any atom is -0.485 e. The predicted octanol–water partition coefficient (Wildman–Crippen LogP) is 5.03. The van der Waals surface area contributed by atoms with Gasteiger partial charge in [0.1, 0.15) is 5.75 Å². The molecule has 0 unspecified atom stereocenters. The van der Waals surface area contributed by atoms with E-state index in [0.717, 1.165) is 5.56 Å². The zero-order valence-electron chi connectivity index (χ0n) is 12.5. The number of ether oxygens (including phenoxy) is 1. The highest BCUT2D eigenvalue weighted by molar-refractivity contribution is 6.30. The van der Waals surface area contributed by atoms with Crippen LogP contribution in [0.3, 0.4) is 0 Å². The lowest BCUT2D eigenvalue weighted by Crippen LogP contribution is -2.12. The van der Waals surface area contributed by atoms with Crippen molar-refractivity contribution >= 4 is 17.4 Å². The number of halogens is 1. The largest absolute Gasteiger partial charge is 0.485 e. The molecule has 0 fully saturated rings. The highest BCUT2D eigenvalue weighted by Crippen LogP contribution is 2.22. The van der Waals surface area contributed by atoms with E-state index in [1.807, 2.05) is 37.3 Å². The van der Waals surface area contributed by atoms with Gasteiger partial charge in [0, 0.05) is 10.6 Å². The molecule has 0 aliphatic rings. The maximum atomic E-state index is 12.1. The number of benzene rings is 2. The monoisotopic (exact) mass is 302 g/mol. The third-order valence-electron chi connectivity index (χ3n) is 3.40. The van der Waals surface area contributed by atoms with Crippen LogP contribution in [0.1, 0.15) is 41.3 Å².